The number of hydrogen-bond acceptors (Lipinski definition) is 4. The van der Waals surface area contributed by atoms with E-state index in [1.54, 1.807) is 12.3 Å². The highest BCUT2D eigenvalue weighted by Crippen LogP contribution is 2.29. The second-order valence-electron chi connectivity index (χ2n) is 3.54. The zero-order valence-electron chi connectivity index (χ0n) is 9.55. The van der Waals surface area contributed by atoms with Gasteiger partial charge >= 0.3 is 0 Å². The average Bonchev–Trinajstić information content (AvgIpc) is 2.39. The van der Waals surface area contributed by atoms with Crippen LogP contribution in [0.1, 0.15) is 5.56 Å². The van der Waals surface area contributed by atoms with Crippen molar-refractivity contribution in [2.45, 2.75) is 6.54 Å². The summed E-state index contributed by atoms with van der Waals surface area (Å²) in [6.45, 7) is 0.500. The minimum Gasteiger partial charge on any atom is -0.504 e. The smallest absolute Gasteiger partial charge is 0.162 e. The molecular formula is C13H14N2O2. The summed E-state index contributed by atoms with van der Waals surface area (Å²) in [5.41, 5.74) is 0.773. The van der Waals surface area contributed by atoms with Crippen molar-refractivity contribution in [3.05, 3.63) is 48.2 Å². The number of rotatable bonds is 4. The fourth-order valence-electron chi connectivity index (χ4n) is 1.53. The van der Waals surface area contributed by atoms with E-state index in [9.17, 15) is 5.11 Å². The Morgan fingerprint density at radius 3 is 2.82 bits per heavy atom. The van der Waals surface area contributed by atoms with Crippen molar-refractivity contribution >= 4 is 5.82 Å². The highest BCUT2D eigenvalue weighted by atomic mass is 16.5. The molecule has 4 heteroatoms. The third-order valence-corrected chi connectivity index (χ3v) is 2.43. The van der Waals surface area contributed by atoms with Crippen LogP contribution in [-0.2, 0) is 6.54 Å². The summed E-state index contributed by atoms with van der Waals surface area (Å²) in [6, 6.07) is 11.0. The number of para-hydroxylation sites is 1. The van der Waals surface area contributed by atoms with Gasteiger partial charge in [0, 0.05) is 18.3 Å². The van der Waals surface area contributed by atoms with Crippen LogP contribution in [0.2, 0.25) is 0 Å². The van der Waals surface area contributed by atoms with Crippen LogP contribution in [0.5, 0.6) is 11.5 Å². The van der Waals surface area contributed by atoms with Gasteiger partial charge in [0.25, 0.3) is 0 Å². The van der Waals surface area contributed by atoms with E-state index < -0.39 is 0 Å². The highest BCUT2D eigenvalue weighted by Gasteiger charge is 2.06. The Bertz CT molecular complexity index is 486. The van der Waals surface area contributed by atoms with Crippen LogP contribution in [0.3, 0.4) is 0 Å². The molecule has 0 saturated heterocycles. The summed E-state index contributed by atoms with van der Waals surface area (Å²) in [6.07, 6.45) is 1.72. The molecule has 1 heterocycles. The Labute approximate surface area is 99.9 Å². The van der Waals surface area contributed by atoms with Gasteiger partial charge < -0.3 is 15.2 Å². The number of aromatic nitrogens is 1. The van der Waals surface area contributed by atoms with Gasteiger partial charge in [0.15, 0.2) is 11.5 Å². The summed E-state index contributed by atoms with van der Waals surface area (Å²) in [5, 5.41) is 13.0. The van der Waals surface area contributed by atoms with Crippen molar-refractivity contribution in [3.8, 4) is 11.5 Å². The summed E-state index contributed by atoms with van der Waals surface area (Å²) in [7, 11) is 1.53. The number of pyridine rings is 1. The van der Waals surface area contributed by atoms with E-state index in [4.69, 9.17) is 4.74 Å². The number of methoxy groups -OCH3 is 1. The quantitative estimate of drug-likeness (QED) is 0.846. The predicted molar refractivity (Wildman–Crippen MR) is 66.2 cm³/mol. The van der Waals surface area contributed by atoms with Crippen molar-refractivity contribution in [1.82, 2.24) is 4.98 Å². The first-order valence-electron chi connectivity index (χ1n) is 5.31. The van der Waals surface area contributed by atoms with Gasteiger partial charge in [0.2, 0.25) is 0 Å². The summed E-state index contributed by atoms with van der Waals surface area (Å²) < 4.78 is 5.04. The van der Waals surface area contributed by atoms with Gasteiger partial charge in [-0.05, 0) is 18.2 Å². The fourth-order valence-corrected chi connectivity index (χ4v) is 1.53. The maximum atomic E-state index is 9.88. The van der Waals surface area contributed by atoms with E-state index in [1.165, 1.54) is 7.11 Å². The first-order valence-corrected chi connectivity index (χ1v) is 5.31. The Morgan fingerprint density at radius 1 is 1.24 bits per heavy atom. The average molecular weight is 230 g/mol. The van der Waals surface area contributed by atoms with Crippen molar-refractivity contribution in [2.75, 3.05) is 12.4 Å². The standard InChI is InChI=1S/C13H14N2O2/c1-17-11-6-4-5-10(13(11)16)9-15-12-7-2-3-8-14-12/h2-8,16H,9H2,1H3,(H,14,15). The maximum absolute atomic E-state index is 9.88. The number of anilines is 1. The molecule has 2 rings (SSSR count). The molecule has 0 atom stereocenters. The first kappa shape index (κ1) is 11.3. The zero-order valence-corrected chi connectivity index (χ0v) is 9.55. The minimum absolute atomic E-state index is 0.165. The van der Waals surface area contributed by atoms with E-state index in [0.717, 1.165) is 11.4 Å². The van der Waals surface area contributed by atoms with Gasteiger partial charge in [0.1, 0.15) is 5.82 Å². The molecule has 2 aromatic rings. The molecule has 0 bridgehead atoms. The molecular weight excluding hydrogens is 216 g/mol. The maximum Gasteiger partial charge on any atom is 0.162 e. The lowest BCUT2D eigenvalue weighted by atomic mass is 10.2. The molecule has 0 aliphatic heterocycles. The highest BCUT2D eigenvalue weighted by molar-refractivity contribution is 5.47. The molecule has 0 fully saturated rings. The fraction of sp³-hybridized carbons (Fsp3) is 0.154. The van der Waals surface area contributed by atoms with Crippen molar-refractivity contribution in [1.29, 1.82) is 0 Å². The molecule has 17 heavy (non-hydrogen) atoms. The van der Waals surface area contributed by atoms with Crippen LogP contribution in [-0.4, -0.2) is 17.2 Å². The second-order valence-corrected chi connectivity index (χ2v) is 3.54. The topological polar surface area (TPSA) is 54.4 Å². The number of ether oxygens (including phenoxy) is 1. The molecule has 1 aromatic heterocycles. The lowest BCUT2D eigenvalue weighted by Gasteiger charge is -2.09. The monoisotopic (exact) mass is 230 g/mol. The number of nitrogens with one attached hydrogen (secondary N) is 1. The molecule has 0 unspecified atom stereocenters. The van der Waals surface area contributed by atoms with Gasteiger partial charge in [0.05, 0.1) is 7.11 Å². The van der Waals surface area contributed by atoms with Crippen LogP contribution >= 0.6 is 0 Å². The lowest BCUT2D eigenvalue weighted by molar-refractivity contribution is 0.371. The Kier molecular flexibility index (Phi) is 3.45. The van der Waals surface area contributed by atoms with Crippen molar-refractivity contribution in [2.24, 2.45) is 0 Å². The van der Waals surface area contributed by atoms with Gasteiger partial charge in [-0.1, -0.05) is 18.2 Å². The normalized spacial score (nSPS) is 9.94. The lowest BCUT2D eigenvalue weighted by Crippen LogP contribution is -2.01. The minimum atomic E-state index is 0.165. The van der Waals surface area contributed by atoms with Gasteiger partial charge in [-0.25, -0.2) is 4.98 Å². The van der Waals surface area contributed by atoms with Crippen molar-refractivity contribution in [3.63, 3.8) is 0 Å². The molecule has 2 N–H and O–H groups in total. The summed E-state index contributed by atoms with van der Waals surface area (Å²) in [4.78, 5) is 4.14. The third kappa shape index (κ3) is 2.66. The molecule has 0 aliphatic rings. The molecule has 0 saturated carbocycles. The van der Waals surface area contributed by atoms with Gasteiger partial charge in [-0.3, -0.25) is 0 Å². The number of aromatic hydroxyl groups is 1. The Morgan fingerprint density at radius 2 is 2.12 bits per heavy atom. The van der Waals surface area contributed by atoms with E-state index in [2.05, 4.69) is 10.3 Å². The summed E-state index contributed by atoms with van der Waals surface area (Å²) >= 11 is 0. The molecule has 0 aliphatic carbocycles. The molecule has 1 aromatic carbocycles. The molecule has 0 amide bonds. The van der Waals surface area contributed by atoms with Gasteiger partial charge in [-0.2, -0.15) is 0 Å². The van der Waals surface area contributed by atoms with E-state index in [1.807, 2.05) is 30.3 Å². The van der Waals surface area contributed by atoms with Crippen LogP contribution in [0.4, 0.5) is 5.82 Å². The molecule has 4 nitrogen and oxygen atoms in total. The second kappa shape index (κ2) is 5.21. The third-order valence-electron chi connectivity index (χ3n) is 2.43. The van der Waals surface area contributed by atoms with Crippen LogP contribution < -0.4 is 10.1 Å². The number of hydrogen-bond donors (Lipinski definition) is 2. The van der Waals surface area contributed by atoms with Gasteiger partial charge in [-0.15, -0.1) is 0 Å². The Hall–Kier alpha value is -2.23. The number of nitrogens with zero attached hydrogens (tertiary/aromatic N) is 1. The predicted octanol–water partition coefficient (Wildman–Crippen LogP) is 2.41. The van der Waals surface area contributed by atoms with E-state index >= 15 is 0 Å². The van der Waals surface area contributed by atoms with E-state index in [0.29, 0.717) is 12.3 Å². The summed E-state index contributed by atoms with van der Waals surface area (Å²) in [5.74, 6) is 1.42. The number of phenolic OH excluding ortho intramolecular Hbond substituents is 1. The molecule has 0 radical (unpaired) electrons. The van der Waals surface area contributed by atoms with Crippen LogP contribution in [0.15, 0.2) is 42.6 Å². The van der Waals surface area contributed by atoms with Crippen molar-refractivity contribution < 1.29 is 9.84 Å². The first-order chi connectivity index (χ1) is 8.31. The molecule has 88 valence electrons. The van der Waals surface area contributed by atoms with Crippen LogP contribution in [0.25, 0.3) is 0 Å². The van der Waals surface area contributed by atoms with Crippen LogP contribution in [0, 0.1) is 0 Å². The number of phenols is 1. The Balaban J connectivity index is 2.09. The zero-order chi connectivity index (χ0) is 12.1. The van der Waals surface area contributed by atoms with E-state index in [-0.39, 0.29) is 5.75 Å². The SMILES string of the molecule is COc1cccc(CNc2ccccn2)c1O. The molecule has 0 spiro atoms. The largest absolute Gasteiger partial charge is 0.504 e. The number of benzene rings is 1.